The molecule has 108 valence electrons. The molecule has 21 heavy (non-hydrogen) atoms. The van der Waals surface area contributed by atoms with Crippen molar-refractivity contribution in [3.63, 3.8) is 0 Å². The van der Waals surface area contributed by atoms with Crippen molar-refractivity contribution in [1.29, 1.82) is 0 Å². The topological polar surface area (TPSA) is 77.0 Å². The van der Waals surface area contributed by atoms with Crippen LogP contribution in [0.1, 0.15) is 28.6 Å². The number of halogens is 1. The van der Waals surface area contributed by atoms with Gasteiger partial charge in [-0.3, -0.25) is 0 Å². The minimum Gasteiger partial charge on any atom is -0.382 e. The smallest absolute Gasteiger partial charge is 0.130 e. The monoisotopic (exact) mass is 304 g/mol. The van der Waals surface area contributed by atoms with E-state index in [9.17, 15) is 5.11 Å². The Balaban J connectivity index is 1.81. The minimum absolute atomic E-state index is 0.438. The first-order valence-corrected chi connectivity index (χ1v) is 6.75. The van der Waals surface area contributed by atoms with Crippen LogP contribution in [0.3, 0.4) is 0 Å². The Bertz CT molecular complexity index is 753. The molecule has 1 aromatic carbocycles. The number of hydrogen-bond donors (Lipinski definition) is 1. The number of aliphatic hydroxyl groups is 1. The Hall–Kier alpha value is -2.18. The van der Waals surface area contributed by atoms with Gasteiger partial charge in [-0.15, -0.1) is 5.10 Å². The molecule has 1 N–H and O–H groups in total. The van der Waals surface area contributed by atoms with Crippen molar-refractivity contribution in [3.8, 4) is 0 Å². The van der Waals surface area contributed by atoms with E-state index in [4.69, 9.17) is 16.1 Å². The Labute approximate surface area is 125 Å². The number of aryl methyl sites for hydroxylation is 1. The zero-order chi connectivity index (χ0) is 14.8. The van der Waals surface area contributed by atoms with Gasteiger partial charge in [-0.1, -0.05) is 40.2 Å². The lowest BCUT2D eigenvalue weighted by molar-refractivity contribution is 0.213. The summed E-state index contributed by atoms with van der Waals surface area (Å²) in [6.45, 7) is 2.25. The lowest BCUT2D eigenvalue weighted by Gasteiger charge is -2.04. The Morgan fingerprint density at radius 3 is 2.90 bits per heavy atom. The number of benzene rings is 1. The SMILES string of the molecule is Cc1nocc1[C@@H](O)c1cn(Cc2ccccc2Cl)nn1. The summed E-state index contributed by atoms with van der Waals surface area (Å²) in [6, 6.07) is 7.53. The number of rotatable bonds is 4. The van der Waals surface area contributed by atoms with Crippen LogP contribution in [0.15, 0.2) is 41.2 Å². The van der Waals surface area contributed by atoms with Crippen LogP contribution in [0.5, 0.6) is 0 Å². The van der Waals surface area contributed by atoms with Crippen molar-refractivity contribution in [2.75, 3.05) is 0 Å². The van der Waals surface area contributed by atoms with E-state index in [1.165, 1.54) is 6.26 Å². The van der Waals surface area contributed by atoms with Gasteiger partial charge in [-0.05, 0) is 18.6 Å². The second-order valence-electron chi connectivity index (χ2n) is 4.69. The molecule has 3 aromatic rings. The molecule has 0 fully saturated rings. The van der Waals surface area contributed by atoms with Crippen molar-refractivity contribution >= 4 is 11.6 Å². The molecule has 3 rings (SSSR count). The van der Waals surface area contributed by atoms with Crippen molar-refractivity contribution < 1.29 is 9.63 Å². The highest BCUT2D eigenvalue weighted by atomic mass is 35.5. The van der Waals surface area contributed by atoms with Crippen molar-refractivity contribution in [2.45, 2.75) is 19.6 Å². The minimum atomic E-state index is -0.906. The summed E-state index contributed by atoms with van der Waals surface area (Å²) < 4.78 is 6.45. The second-order valence-corrected chi connectivity index (χ2v) is 5.10. The molecule has 0 bridgehead atoms. The van der Waals surface area contributed by atoms with Crippen LogP contribution >= 0.6 is 11.6 Å². The van der Waals surface area contributed by atoms with E-state index in [0.717, 1.165) is 5.56 Å². The van der Waals surface area contributed by atoms with Crippen LogP contribution in [-0.2, 0) is 6.54 Å². The molecule has 2 aromatic heterocycles. The van der Waals surface area contributed by atoms with Gasteiger partial charge >= 0.3 is 0 Å². The van der Waals surface area contributed by atoms with Gasteiger partial charge < -0.3 is 9.63 Å². The van der Waals surface area contributed by atoms with E-state index in [2.05, 4.69) is 15.5 Å². The standard InChI is InChI=1S/C14H13ClN4O2/c1-9-11(8-21-17-9)14(20)13-7-19(18-16-13)6-10-4-2-3-5-12(10)15/h2-5,7-8,14,20H,6H2,1H3/t14-/m1/s1. The summed E-state index contributed by atoms with van der Waals surface area (Å²) in [7, 11) is 0. The van der Waals surface area contributed by atoms with Crippen molar-refractivity contribution in [3.05, 3.63) is 64.3 Å². The van der Waals surface area contributed by atoms with Gasteiger partial charge in [0.2, 0.25) is 0 Å². The average Bonchev–Trinajstić information content (AvgIpc) is 3.10. The van der Waals surface area contributed by atoms with Gasteiger partial charge in [0.05, 0.1) is 18.4 Å². The molecule has 0 aliphatic carbocycles. The highest BCUT2D eigenvalue weighted by molar-refractivity contribution is 6.31. The fraction of sp³-hybridized carbons (Fsp3) is 0.214. The number of nitrogens with zero attached hydrogens (tertiary/aromatic N) is 4. The van der Waals surface area contributed by atoms with Crippen LogP contribution < -0.4 is 0 Å². The fourth-order valence-electron chi connectivity index (χ4n) is 2.04. The first-order chi connectivity index (χ1) is 10.1. The van der Waals surface area contributed by atoms with Crippen LogP contribution in [0, 0.1) is 6.92 Å². The van der Waals surface area contributed by atoms with Crippen LogP contribution in [0.2, 0.25) is 5.02 Å². The summed E-state index contributed by atoms with van der Waals surface area (Å²) in [4.78, 5) is 0. The predicted molar refractivity (Wildman–Crippen MR) is 75.9 cm³/mol. The summed E-state index contributed by atoms with van der Waals surface area (Å²) >= 11 is 6.11. The molecule has 7 heteroatoms. The molecule has 0 radical (unpaired) electrons. The summed E-state index contributed by atoms with van der Waals surface area (Å²) in [5.74, 6) is 0. The Morgan fingerprint density at radius 1 is 1.38 bits per heavy atom. The molecule has 0 unspecified atom stereocenters. The van der Waals surface area contributed by atoms with Crippen molar-refractivity contribution in [1.82, 2.24) is 20.2 Å². The second kappa shape index (κ2) is 5.67. The predicted octanol–water partition coefficient (Wildman–Crippen LogP) is 2.36. The molecule has 1 atom stereocenters. The molecule has 0 spiro atoms. The van der Waals surface area contributed by atoms with Gasteiger partial charge in [0.15, 0.2) is 0 Å². The molecule has 0 amide bonds. The van der Waals surface area contributed by atoms with E-state index in [1.807, 2.05) is 24.3 Å². The zero-order valence-corrected chi connectivity index (χ0v) is 12.0. The third kappa shape index (κ3) is 2.81. The molecule has 6 nitrogen and oxygen atoms in total. The van der Waals surface area contributed by atoms with Crippen LogP contribution in [-0.4, -0.2) is 25.3 Å². The molecular formula is C14H13ClN4O2. The molecule has 0 aliphatic heterocycles. The van der Waals surface area contributed by atoms with Crippen LogP contribution in [0.25, 0.3) is 0 Å². The average molecular weight is 305 g/mol. The molecule has 0 aliphatic rings. The Morgan fingerprint density at radius 2 is 2.19 bits per heavy atom. The van der Waals surface area contributed by atoms with E-state index in [1.54, 1.807) is 17.8 Å². The quantitative estimate of drug-likeness (QED) is 0.800. The summed E-state index contributed by atoms with van der Waals surface area (Å²) in [5, 5.41) is 22.7. The van der Waals surface area contributed by atoms with Gasteiger partial charge in [0, 0.05) is 10.6 Å². The van der Waals surface area contributed by atoms with Gasteiger partial charge in [-0.25, -0.2) is 4.68 Å². The highest BCUT2D eigenvalue weighted by Crippen LogP contribution is 2.22. The number of aromatic nitrogens is 4. The van der Waals surface area contributed by atoms with E-state index in [0.29, 0.717) is 28.5 Å². The van der Waals surface area contributed by atoms with E-state index >= 15 is 0 Å². The maximum Gasteiger partial charge on any atom is 0.130 e. The summed E-state index contributed by atoms with van der Waals surface area (Å²) in [6.07, 6.45) is 2.18. The maximum absolute atomic E-state index is 10.3. The number of hydrogen-bond acceptors (Lipinski definition) is 5. The maximum atomic E-state index is 10.3. The van der Waals surface area contributed by atoms with Gasteiger partial charge in [-0.2, -0.15) is 0 Å². The van der Waals surface area contributed by atoms with E-state index in [-0.39, 0.29) is 0 Å². The zero-order valence-electron chi connectivity index (χ0n) is 11.3. The first-order valence-electron chi connectivity index (χ1n) is 6.37. The lowest BCUT2D eigenvalue weighted by atomic mass is 10.1. The molecule has 0 saturated heterocycles. The number of aliphatic hydroxyl groups excluding tert-OH is 1. The van der Waals surface area contributed by atoms with Crippen molar-refractivity contribution in [2.24, 2.45) is 0 Å². The van der Waals surface area contributed by atoms with E-state index < -0.39 is 6.10 Å². The Kier molecular flexibility index (Phi) is 3.72. The first kappa shape index (κ1) is 13.8. The van der Waals surface area contributed by atoms with Gasteiger partial charge in [0.25, 0.3) is 0 Å². The highest BCUT2D eigenvalue weighted by Gasteiger charge is 2.19. The molecule has 2 heterocycles. The fourth-order valence-corrected chi connectivity index (χ4v) is 2.23. The third-order valence-corrected chi connectivity index (χ3v) is 3.58. The largest absolute Gasteiger partial charge is 0.382 e. The molecule has 0 saturated carbocycles. The summed E-state index contributed by atoms with van der Waals surface area (Å²) in [5.41, 5.74) is 2.59. The normalized spacial score (nSPS) is 12.5. The lowest BCUT2D eigenvalue weighted by Crippen LogP contribution is -2.01. The molecular weight excluding hydrogens is 292 g/mol. The van der Waals surface area contributed by atoms with Gasteiger partial charge in [0.1, 0.15) is 18.1 Å². The van der Waals surface area contributed by atoms with Crippen LogP contribution in [0.4, 0.5) is 0 Å². The third-order valence-electron chi connectivity index (χ3n) is 3.21.